The molecule has 0 spiro atoms. The van der Waals surface area contributed by atoms with Gasteiger partial charge in [0.05, 0.1) is 5.69 Å². The predicted octanol–water partition coefficient (Wildman–Crippen LogP) is 4.60. The van der Waals surface area contributed by atoms with Crippen LogP contribution in [0.25, 0.3) is 0 Å². The van der Waals surface area contributed by atoms with E-state index >= 15 is 0 Å². The van der Waals surface area contributed by atoms with Gasteiger partial charge in [-0.3, -0.25) is 9.10 Å². The third-order valence-corrected chi connectivity index (χ3v) is 7.79. The zero-order chi connectivity index (χ0) is 21.9. The molecule has 0 fully saturated rings. The molecule has 0 aliphatic heterocycles. The first kappa shape index (κ1) is 21.9. The second kappa shape index (κ2) is 8.89. The van der Waals surface area contributed by atoms with E-state index in [0.29, 0.717) is 11.4 Å². The zero-order valence-corrected chi connectivity index (χ0v) is 18.9. The number of hydrogen-bond donors (Lipinski definition) is 1. The first-order chi connectivity index (χ1) is 14.2. The smallest absolute Gasteiger partial charge is 0.273 e. The van der Waals surface area contributed by atoms with Crippen molar-refractivity contribution in [3.05, 3.63) is 71.1 Å². The average molecular weight is 445 g/mol. The van der Waals surface area contributed by atoms with Gasteiger partial charge in [0.1, 0.15) is 9.96 Å². The van der Waals surface area contributed by atoms with Crippen LogP contribution in [0.15, 0.2) is 64.2 Å². The Labute approximate surface area is 181 Å². The summed E-state index contributed by atoms with van der Waals surface area (Å²) in [6.45, 7) is 5.60. The van der Waals surface area contributed by atoms with Crippen molar-refractivity contribution in [1.82, 2.24) is 0 Å². The van der Waals surface area contributed by atoms with Gasteiger partial charge in [0, 0.05) is 12.7 Å². The first-order valence-corrected chi connectivity index (χ1v) is 11.7. The molecular weight excluding hydrogens is 420 g/mol. The number of carbonyl (C=O) groups is 1. The third kappa shape index (κ3) is 4.83. The minimum absolute atomic E-state index is 0.261. The quantitative estimate of drug-likeness (QED) is 0.578. The number of amides is 1. The lowest BCUT2D eigenvalue weighted by Crippen LogP contribution is -2.30. The number of hydrogen-bond acceptors (Lipinski definition) is 5. The third-order valence-electron chi connectivity index (χ3n) is 4.63. The van der Waals surface area contributed by atoms with Crippen LogP contribution in [-0.4, -0.2) is 27.5 Å². The van der Waals surface area contributed by atoms with E-state index in [1.165, 1.54) is 22.7 Å². The molecule has 1 N–H and O–H groups in total. The second-order valence-electron chi connectivity index (χ2n) is 6.97. The summed E-state index contributed by atoms with van der Waals surface area (Å²) in [4.78, 5) is 12.5. The summed E-state index contributed by atoms with van der Waals surface area (Å²) < 4.78 is 32.5. The molecule has 1 amide bonds. The Hall–Kier alpha value is -2.84. The number of benzene rings is 2. The summed E-state index contributed by atoms with van der Waals surface area (Å²) in [6, 6.07) is 15.7. The maximum atomic E-state index is 12.6. The fourth-order valence-corrected chi connectivity index (χ4v) is 5.22. The lowest BCUT2D eigenvalue weighted by atomic mass is 10.1. The number of carbonyl (C=O) groups excluding carboxylic acids is 1. The molecule has 6 nitrogen and oxygen atoms in total. The lowest BCUT2D eigenvalue weighted by Gasteiger charge is -2.20. The molecule has 1 aromatic heterocycles. The van der Waals surface area contributed by atoms with Crippen LogP contribution < -0.4 is 14.4 Å². The van der Waals surface area contributed by atoms with Crippen LogP contribution in [0.4, 0.5) is 11.4 Å². The number of aryl methyl sites for hydroxylation is 2. The number of anilines is 2. The lowest BCUT2D eigenvalue weighted by molar-refractivity contribution is -0.122. The second-order valence-corrected chi connectivity index (χ2v) is 10.1. The average Bonchev–Trinajstić information content (AvgIpc) is 3.26. The van der Waals surface area contributed by atoms with Gasteiger partial charge >= 0.3 is 0 Å². The van der Waals surface area contributed by atoms with Crippen LogP contribution in [0.5, 0.6) is 5.75 Å². The summed E-state index contributed by atoms with van der Waals surface area (Å²) in [5.41, 5.74) is 3.36. The predicted molar refractivity (Wildman–Crippen MR) is 121 cm³/mol. The Morgan fingerprint density at radius 2 is 1.80 bits per heavy atom. The minimum Gasteiger partial charge on any atom is -0.481 e. The van der Waals surface area contributed by atoms with E-state index in [9.17, 15) is 13.2 Å². The Balaban J connectivity index is 1.65. The Kier molecular flexibility index (Phi) is 6.48. The molecule has 3 rings (SSSR count). The molecular formula is C22H24N2O4S2. The van der Waals surface area contributed by atoms with Crippen LogP contribution in [0, 0.1) is 13.8 Å². The molecule has 0 unspecified atom stereocenters. The monoisotopic (exact) mass is 444 g/mol. The number of rotatable bonds is 7. The fraction of sp³-hybridized carbons (Fsp3) is 0.227. The van der Waals surface area contributed by atoms with Gasteiger partial charge in [0.25, 0.3) is 15.9 Å². The van der Waals surface area contributed by atoms with E-state index in [1.807, 2.05) is 32.0 Å². The van der Waals surface area contributed by atoms with E-state index < -0.39 is 16.1 Å². The molecule has 0 aliphatic carbocycles. The summed E-state index contributed by atoms with van der Waals surface area (Å²) in [7, 11) is -2.09. The fourth-order valence-electron chi connectivity index (χ4n) is 2.86. The molecule has 1 atom stereocenters. The van der Waals surface area contributed by atoms with Crippen LogP contribution in [0.1, 0.15) is 18.1 Å². The van der Waals surface area contributed by atoms with Gasteiger partial charge in [0.2, 0.25) is 0 Å². The molecule has 8 heteroatoms. The van der Waals surface area contributed by atoms with Gasteiger partial charge < -0.3 is 10.1 Å². The van der Waals surface area contributed by atoms with Gasteiger partial charge in [-0.25, -0.2) is 8.42 Å². The normalized spacial score (nSPS) is 12.3. The molecule has 0 aliphatic rings. The van der Waals surface area contributed by atoms with Crippen molar-refractivity contribution in [1.29, 1.82) is 0 Å². The van der Waals surface area contributed by atoms with Crippen LogP contribution in [0.2, 0.25) is 0 Å². The Morgan fingerprint density at radius 3 is 2.40 bits per heavy atom. The van der Waals surface area contributed by atoms with E-state index in [1.54, 1.807) is 48.7 Å². The van der Waals surface area contributed by atoms with Crippen molar-refractivity contribution in [2.45, 2.75) is 31.1 Å². The number of ether oxygens (including phenoxy) is 1. The van der Waals surface area contributed by atoms with Crippen molar-refractivity contribution in [2.24, 2.45) is 0 Å². The highest BCUT2D eigenvalue weighted by atomic mass is 32.2. The molecule has 0 bridgehead atoms. The van der Waals surface area contributed by atoms with Crippen LogP contribution in [0.3, 0.4) is 0 Å². The highest BCUT2D eigenvalue weighted by molar-refractivity contribution is 7.94. The molecule has 0 saturated heterocycles. The van der Waals surface area contributed by atoms with E-state index in [4.69, 9.17) is 4.74 Å². The zero-order valence-electron chi connectivity index (χ0n) is 17.2. The molecule has 0 saturated carbocycles. The molecule has 3 aromatic rings. The van der Waals surface area contributed by atoms with Gasteiger partial charge in [0.15, 0.2) is 6.10 Å². The van der Waals surface area contributed by atoms with Gasteiger partial charge in [-0.2, -0.15) is 0 Å². The minimum atomic E-state index is -3.59. The SMILES string of the molecule is Cc1ccc(NC(=O)[C@H](C)Oc2ccc(N(C)S(=O)(=O)c3cccs3)cc2)c(C)c1. The number of nitrogens with one attached hydrogen (secondary N) is 1. The van der Waals surface area contributed by atoms with Crippen LogP contribution >= 0.6 is 11.3 Å². The van der Waals surface area contributed by atoms with E-state index in [2.05, 4.69) is 5.32 Å². The van der Waals surface area contributed by atoms with Crippen molar-refractivity contribution < 1.29 is 17.9 Å². The summed E-state index contributed by atoms with van der Waals surface area (Å²) >= 11 is 1.17. The molecule has 1 heterocycles. The van der Waals surface area contributed by atoms with Crippen LogP contribution in [-0.2, 0) is 14.8 Å². The van der Waals surface area contributed by atoms with Crippen molar-refractivity contribution in [3.8, 4) is 5.75 Å². The van der Waals surface area contributed by atoms with Gasteiger partial charge in [-0.1, -0.05) is 23.8 Å². The molecule has 2 aromatic carbocycles. The maximum absolute atomic E-state index is 12.6. The number of sulfonamides is 1. The highest BCUT2D eigenvalue weighted by Crippen LogP contribution is 2.27. The molecule has 158 valence electrons. The molecule has 0 radical (unpaired) electrons. The van der Waals surface area contributed by atoms with E-state index in [0.717, 1.165) is 16.8 Å². The number of thiophene rings is 1. The van der Waals surface area contributed by atoms with Gasteiger partial charge in [-0.15, -0.1) is 11.3 Å². The van der Waals surface area contributed by atoms with E-state index in [-0.39, 0.29) is 10.1 Å². The summed E-state index contributed by atoms with van der Waals surface area (Å²) in [5, 5.41) is 4.60. The summed E-state index contributed by atoms with van der Waals surface area (Å²) in [6.07, 6.45) is -0.718. The Morgan fingerprint density at radius 1 is 1.10 bits per heavy atom. The Bertz CT molecular complexity index is 1120. The molecule has 30 heavy (non-hydrogen) atoms. The summed E-state index contributed by atoms with van der Waals surface area (Å²) in [5.74, 6) is 0.215. The highest BCUT2D eigenvalue weighted by Gasteiger charge is 2.22. The maximum Gasteiger partial charge on any atom is 0.273 e. The standard InChI is InChI=1S/C22H24N2O4S2/c1-15-7-12-20(16(2)14-15)23-22(25)17(3)28-19-10-8-18(9-11-19)24(4)30(26,27)21-6-5-13-29-21/h5-14,17H,1-4H3,(H,23,25)/t17-/m0/s1. The first-order valence-electron chi connectivity index (χ1n) is 9.36. The van der Waals surface area contributed by atoms with Crippen molar-refractivity contribution in [2.75, 3.05) is 16.7 Å². The topological polar surface area (TPSA) is 75.7 Å². The van der Waals surface area contributed by atoms with Crippen molar-refractivity contribution >= 4 is 38.6 Å². The number of nitrogens with zero attached hydrogens (tertiary/aromatic N) is 1. The van der Waals surface area contributed by atoms with Gasteiger partial charge in [-0.05, 0) is 68.1 Å². The van der Waals surface area contributed by atoms with Crippen molar-refractivity contribution in [3.63, 3.8) is 0 Å². The largest absolute Gasteiger partial charge is 0.481 e.